The van der Waals surface area contributed by atoms with E-state index >= 15 is 0 Å². The number of ether oxygens (including phenoxy) is 2. The third-order valence-corrected chi connectivity index (χ3v) is 4.29. The van der Waals surface area contributed by atoms with Crippen molar-refractivity contribution in [3.05, 3.63) is 23.8 Å². The Balaban J connectivity index is 1.65. The Labute approximate surface area is 132 Å². The summed E-state index contributed by atoms with van der Waals surface area (Å²) in [6.45, 7) is 8.49. The van der Waals surface area contributed by atoms with Crippen molar-refractivity contribution in [2.75, 3.05) is 57.4 Å². The number of hydrogen-bond donors (Lipinski definition) is 1. The molecule has 0 aromatic heterocycles. The summed E-state index contributed by atoms with van der Waals surface area (Å²) in [6.07, 6.45) is 0.627. The van der Waals surface area contributed by atoms with Crippen molar-refractivity contribution in [2.45, 2.75) is 19.4 Å². The summed E-state index contributed by atoms with van der Waals surface area (Å²) in [6, 6.07) is 6.27. The molecule has 22 heavy (non-hydrogen) atoms. The Morgan fingerprint density at radius 1 is 1.14 bits per heavy atom. The van der Waals surface area contributed by atoms with Crippen LogP contribution in [0.5, 0.6) is 5.75 Å². The van der Waals surface area contributed by atoms with Gasteiger partial charge in [0.1, 0.15) is 5.75 Å². The highest BCUT2D eigenvalue weighted by molar-refractivity contribution is 5.60. The fraction of sp³-hybridized carbons (Fsp3) is 0.647. The van der Waals surface area contributed by atoms with E-state index in [1.807, 2.05) is 6.07 Å². The monoisotopic (exact) mass is 306 g/mol. The smallest absolute Gasteiger partial charge is 0.142 e. The van der Waals surface area contributed by atoms with Gasteiger partial charge in [-0.1, -0.05) is 6.07 Å². The van der Waals surface area contributed by atoms with E-state index in [-0.39, 0.29) is 6.10 Å². The molecule has 1 fully saturated rings. The van der Waals surface area contributed by atoms with Gasteiger partial charge in [0.2, 0.25) is 0 Å². The minimum absolute atomic E-state index is 0.357. The predicted molar refractivity (Wildman–Crippen MR) is 86.8 cm³/mol. The molecule has 5 nitrogen and oxygen atoms in total. The second kappa shape index (κ2) is 7.31. The molecule has 0 spiro atoms. The summed E-state index contributed by atoms with van der Waals surface area (Å²) in [5.74, 6) is 0.932. The number of benzene rings is 1. The number of β-amino-alcohol motifs (C(OH)–C–C–N with tert-alkyl or cyclic N) is 1. The maximum atomic E-state index is 10.5. The standard InChI is InChI=1S/C17H26N2O3/c1-14-3-4-17-16(11-14)19(5-2-8-22-17)13-15(20)12-18-6-9-21-10-7-18/h3-4,11,15,20H,2,5-10,12-13H2,1H3. The van der Waals surface area contributed by atoms with E-state index in [9.17, 15) is 5.11 Å². The first-order valence-electron chi connectivity index (χ1n) is 8.19. The zero-order valence-corrected chi connectivity index (χ0v) is 13.3. The third kappa shape index (κ3) is 3.91. The van der Waals surface area contributed by atoms with Gasteiger partial charge in [0.15, 0.2) is 0 Å². The average molecular weight is 306 g/mol. The van der Waals surface area contributed by atoms with Crippen LogP contribution < -0.4 is 9.64 Å². The molecular formula is C17H26N2O3. The number of anilines is 1. The van der Waals surface area contributed by atoms with Crippen molar-refractivity contribution in [1.82, 2.24) is 4.90 Å². The average Bonchev–Trinajstić information content (AvgIpc) is 2.71. The molecule has 2 aliphatic heterocycles. The van der Waals surface area contributed by atoms with Gasteiger partial charge in [0, 0.05) is 32.7 Å². The first-order valence-corrected chi connectivity index (χ1v) is 8.19. The number of aryl methyl sites for hydroxylation is 1. The van der Waals surface area contributed by atoms with Crippen molar-refractivity contribution < 1.29 is 14.6 Å². The zero-order chi connectivity index (χ0) is 15.4. The number of aliphatic hydroxyl groups excluding tert-OH is 1. The second-order valence-corrected chi connectivity index (χ2v) is 6.19. The Morgan fingerprint density at radius 2 is 1.95 bits per heavy atom. The van der Waals surface area contributed by atoms with Gasteiger partial charge < -0.3 is 19.5 Å². The van der Waals surface area contributed by atoms with Gasteiger partial charge in [-0.05, 0) is 31.0 Å². The molecular weight excluding hydrogens is 280 g/mol. The molecule has 1 saturated heterocycles. The lowest BCUT2D eigenvalue weighted by Gasteiger charge is -2.31. The largest absolute Gasteiger partial charge is 0.491 e. The van der Waals surface area contributed by atoms with Gasteiger partial charge in [-0.25, -0.2) is 0 Å². The maximum Gasteiger partial charge on any atom is 0.142 e. The van der Waals surface area contributed by atoms with E-state index in [2.05, 4.69) is 28.9 Å². The topological polar surface area (TPSA) is 45.2 Å². The Bertz CT molecular complexity index is 489. The Morgan fingerprint density at radius 3 is 2.77 bits per heavy atom. The van der Waals surface area contributed by atoms with Crippen LogP contribution in [0.15, 0.2) is 18.2 Å². The molecule has 0 radical (unpaired) electrons. The van der Waals surface area contributed by atoms with Crippen LogP contribution in [-0.4, -0.2) is 68.7 Å². The third-order valence-electron chi connectivity index (χ3n) is 4.29. The molecule has 1 aromatic carbocycles. The van der Waals surface area contributed by atoms with E-state index in [0.717, 1.165) is 57.3 Å². The predicted octanol–water partition coefficient (Wildman–Crippen LogP) is 1.28. The van der Waals surface area contributed by atoms with E-state index < -0.39 is 0 Å². The molecule has 0 saturated carbocycles. The fourth-order valence-corrected chi connectivity index (χ4v) is 3.14. The molecule has 1 N–H and O–H groups in total. The maximum absolute atomic E-state index is 10.5. The van der Waals surface area contributed by atoms with Crippen LogP contribution >= 0.6 is 0 Å². The van der Waals surface area contributed by atoms with Crippen molar-refractivity contribution in [3.8, 4) is 5.75 Å². The molecule has 1 aromatic rings. The highest BCUT2D eigenvalue weighted by atomic mass is 16.5. The first kappa shape index (κ1) is 15.6. The summed E-state index contributed by atoms with van der Waals surface area (Å²) in [4.78, 5) is 4.54. The number of fused-ring (bicyclic) bond motifs is 1. The first-order chi connectivity index (χ1) is 10.7. The molecule has 2 heterocycles. The van der Waals surface area contributed by atoms with Gasteiger partial charge in [-0.2, -0.15) is 0 Å². The fourth-order valence-electron chi connectivity index (χ4n) is 3.14. The SMILES string of the molecule is Cc1ccc2c(c1)N(CC(O)CN1CCOCC1)CCCO2. The molecule has 1 atom stereocenters. The van der Waals surface area contributed by atoms with Crippen LogP contribution in [-0.2, 0) is 4.74 Å². The van der Waals surface area contributed by atoms with Crippen molar-refractivity contribution >= 4 is 5.69 Å². The Kier molecular flexibility index (Phi) is 5.18. The van der Waals surface area contributed by atoms with E-state index in [0.29, 0.717) is 13.1 Å². The molecule has 5 heteroatoms. The van der Waals surface area contributed by atoms with E-state index in [1.54, 1.807) is 0 Å². The van der Waals surface area contributed by atoms with Crippen molar-refractivity contribution in [2.24, 2.45) is 0 Å². The van der Waals surface area contributed by atoms with Crippen LogP contribution in [0, 0.1) is 6.92 Å². The number of rotatable bonds is 4. The summed E-state index contributed by atoms with van der Waals surface area (Å²) in [5, 5.41) is 10.5. The number of nitrogens with zero attached hydrogens (tertiary/aromatic N) is 2. The van der Waals surface area contributed by atoms with Gasteiger partial charge in [-0.3, -0.25) is 4.90 Å². The minimum Gasteiger partial charge on any atom is -0.491 e. The lowest BCUT2D eigenvalue weighted by molar-refractivity contribution is 0.0161. The van der Waals surface area contributed by atoms with Crippen LogP contribution in [0.1, 0.15) is 12.0 Å². The van der Waals surface area contributed by atoms with Crippen LogP contribution in [0.2, 0.25) is 0 Å². The van der Waals surface area contributed by atoms with Crippen molar-refractivity contribution in [1.29, 1.82) is 0 Å². The molecule has 0 bridgehead atoms. The van der Waals surface area contributed by atoms with Crippen LogP contribution in [0.25, 0.3) is 0 Å². The number of hydrogen-bond acceptors (Lipinski definition) is 5. The number of morpholine rings is 1. The normalized spacial score (nSPS) is 20.9. The van der Waals surface area contributed by atoms with Crippen LogP contribution in [0.3, 0.4) is 0 Å². The van der Waals surface area contributed by atoms with Crippen LogP contribution in [0.4, 0.5) is 5.69 Å². The highest BCUT2D eigenvalue weighted by Gasteiger charge is 2.21. The van der Waals surface area contributed by atoms with Gasteiger partial charge >= 0.3 is 0 Å². The zero-order valence-electron chi connectivity index (χ0n) is 13.3. The summed E-state index contributed by atoms with van der Waals surface area (Å²) in [7, 11) is 0. The molecule has 1 unspecified atom stereocenters. The van der Waals surface area contributed by atoms with E-state index in [1.165, 1.54) is 5.56 Å². The lowest BCUT2D eigenvalue weighted by Crippen LogP contribution is -2.44. The molecule has 2 aliphatic rings. The minimum atomic E-state index is -0.357. The summed E-state index contributed by atoms with van der Waals surface area (Å²) < 4.78 is 11.2. The quantitative estimate of drug-likeness (QED) is 0.908. The molecule has 0 aliphatic carbocycles. The molecule has 3 rings (SSSR count). The second-order valence-electron chi connectivity index (χ2n) is 6.19. The number of aliphatic hydroxyl groups is 1. The Hall–Kier alpha value is -1.30. The van der Waals surface area contributed by atoms with Gasteiger partial charge in [0.05, 0.1) is 31.6 Å². The summed E-state index contributed by atoms with van der Waals surface area (Å²) >= 11 is 0. The van der Waals surface area contributed by atoms with E-state index in [4.69, 9.17) is 9.47 Å². The molecule has 0 amide bonds. The molecule has 122 valence electrons. The van der Waals surface area contributed by atoms with Gasteiger partial charge in [-0.15, -0.1) is 0 Å². The lowest BCUT2D eigenvalue weighted by atomic mass is 10.1. The highest BCUT2D eigenvalue weighted by Crippen LogP contribution is 2.31. The van der Waals surface area contributed by atoms with Gasteiger partial charge in [0.25, 0.3) is 0 Å². The van der Waals surface area contributed by atoms with Crippen molar-refractivity contribution in [3.63, 3.8) is 0 Å². The summed E-state index contributed by atoms with van der Waals surface area (Å²) in [5.41, 5.74) is 2.33.